The van der Waals surface area contributed by atoms with Gasteiger partial charge in [-0.05, 0) is 30.3 Å². The molecule has 0 radical (unpaired) electrons. The van der Waals surface area contributed by atoms with Crippen molar-refractivity contribution in [2.45, 2.75) is 0 Å². The van der Waals surface area contributed by atoms with Crippen LogP contribution in [0.3, 0.4) is 0 Å². The van der Waals surface area contributed by atoms with Gasteiger partial charge in [0.1, 0.15) is 0 Å². The van der Waals surface area contributed by atoms with Gasteiger partial charge < -0.3 is 14.6 Å². The third-order valence-corrected chi connectivity index (χ3v) is 3.51. The molecule has 0 fully saturated rings. The van der Waals surface area contributed by atoms with E-state index >= 15 is 0 Å². The Morgan fingerprint density at radius 3 is 2.65 bits per heavy atom. The molecule has 0 saturated carbocycles. The molecule has 114 valence electrons. The van der Waals surface area contributed by atoms with Crippen LogP contribution in [0.5, 0.6) is 11.5 Å². The highest BCUT2D eigenvalue weighted by atomic mass is 16.7. The molecule has 1 aromatic carbocycles. The van der Waals surface area contributed by atoms with E-state index in [2.05, 4.69) is 10.1 Å². The van der Waals surface area contributed by atoms with Crippen LogP contribution in [0.25, 0.3) is 16.9 Å². The maximum atomic E-state index is 11.3. The molecule has 3 aromatic rings. The number of hydrogen-bond donors (Lipinski definition) is 1. The lowest BCUT2D eigenvalue weighted by molar-refractivity contribution is 0.0690. The normalized spacial score (nSPS) is 12.3. The van der Waals surface area contributed by atoms with Crippen LogP contribution < -0.4 is 9.47 Å². The molecule has 4 rings (SSSR count). The summed E-state index contributed by atoms with van der Waals surface area (Å²) in [4.78, 5) is 15.3. The van der Waals surface area contributed by atoms with Gasteiger partial charge in [0.05, 0.1) is 11.4 Å². The van der Waals surface area contributed by atoms with Crippen LogP contribution in [-0.4, -0.2) is 32.6 Å². The average molecular weight is 309 g/mol. The van der Waals surface area contributed by atoms with Crippen molar-refractivity contribution < 1.29 is 19.4 Å². The number of pyridine rings is 1. The molecule has 0 bridgehead atoms. The highest BCUT2D eigenvalue weighted by Crippen LogP contribution is 2.34. The summed E-state index contributed by atoms with van der Waals surface area (Å²) in [7, 11) is 0. The van der Waals surface area contributed by atoms with Crippen LogP contribution in [0, 0.1) is 0 Å². The number of aromatic nitrogens is 3. The second-order valence-corrected chi connectivity index (χ2v) is 4.91. The van der Waals surface area contributed by atoms with Gasteiger partial charge in [-0.1, -0.05) is 0 Å². The van der Waals surface area contributed by atoms with Crippen LogP contribution in [0.2, 0.25) is 0 Å². The lowest BCUT2D eigenvalue weighted by Gasteiger charge is -2.08. The van der Waals surface area contributed by atoms with Gasteiger partial charge in [0.15, 0.2) is 17.2 Å². The first kappa shape index (κ1) is 13.3. The largest absolute Gasteiger partial charge is 0.476 e. The number of ether oxygens (including phenoxy) is 2. The molecule has 0 unspecified atom stereocenters. The van der Waals surface area contributed by atoms with Gasteiger partial charge in [-0.25, -0.2) is 9.48 Å². The minimum atomic E-state index is -1.08. The van der Waals surface area contributed by atoms with E-state index < -0.39 is 5.97 Å². The van der Waals surface area contributed by atoms with E-state index in [-0.39, 0.29) is 12.5 Å². The maximum Gasteiger partial charge on any atom is 0.356 e. The Balaban J connectivity index is 1.89. The number of aromatic carboxylic acids is 1. The fraction of sp³-hybridized carbons (Fsp3) is 0.0625. The smallest absolute Gasteiger partial charge is 0.356 e. The minimum absolute atomic E-state index is 0.0329. The fourth-order valence-corrected chi connectivity index (χ4v) is 2.43. The van der Waals surface area contributed by atoms with E-state index in [1.54, 1.807) is 47.4 Å². The fourth-order valence-electron chi connectivity index (χ4n) is 2.43. The molecule has 0 amide bonds. The lowest BCUT2D eigenvalue weighted by Crippen LogP contribution is -2.02. The quantitative estimate of drug-likeness (QED) is 0.799. The van der Waals surface area contributed by atoms with E-state index in [4.69, 9.17) is 9.47 Å². The maximum absolute atomic E-state index is 11.3. The number of carbonyl (C=O) groups is 1. The molecule has 1 N–H and O–H groups in total. The zero-order valence-electron chi connectivity index (χ0n) is 11.8. The van der Waals surface area contributed by atoms with E-state index in [0.29, 0.717) is 22.9 Å². The molecule has 0 spiro atoms. The van der Waals surface area contributed by atoms with E-state index in [9.17, 15) is 9.90 Å². The molecule has 7 heteroatoms. The highest BCUT2D eigenvalue weighted by Gasteiger charge is 2.19. The Morgan fingerprint density at radius 2 is 1.87 bits per heavy atom. The van der Waals surface area contributed by atoms with Crippen LogP contribution in [0.15, 0.2) is 48.8 Å². The molecule has 0 atom stereocenters. The third-order valence-electron chi connectivity index (χ3n) is 3.51. The molecule has 7 nitrogen and oxygen atoms in total. The summed E-state index contributed by atoms with van der Waals surface area (Å²) < 4.78 is 12.2. The Bertz CT molecular complexity index is 890. The third kappa shape index (κ3) is 2.28. The van der Waals surface area contributed by atoms with Crippen molar-refractivity contribution in [1.82, 2.24) is 14.8 Å². The first-order valence-corrected chi connectivity index (χ1v) is 6.86. The molecule has 1 aliphatic heterocycles. The Labute approximate surface area is 130 Å². The lowest BCUT2D eigenvalue weighted by atomic mass is 10.2. The first-order valence-electron chi connectivity index (χ1n) is 6.86. The minimum Gasteiger partial charge on any atom is -0.476 e. The van der Waals surface area contributed by atoms with Crippen molar-refractivity contribution in [1.29, 1.82) is 0 Å². The average Bonchev–Trinajstić information content (AvgIpc) is 3.22. The van der Waals surface area contributed by atoms with Gasteiger partial charge >= 0.3 is 5.97 Å². The van der Waals surface area contributed by atoms with Crippen LogP contribution in [0.1, 0.15) is 10.5 Å². The molecule has 3 heterocycles. The Hall–Kier alpha value is -3.35. The van der Waals surface area contributed by atoms with E-state index in [1.165, 1.54) is 6.07 Å². The van der Waals surface area contributed by atoms with Crippen LogP contribution in [-0.2, 0) is 0 Å². The van der Waals surface area contributed by atoms with Crippen molar-refractivity contribution in [3.8, 4) is 28.4 Å². The summed E-state index contributed by atoms with van der Waals surface area (Å²) >= 11 is 0. The second-order valence-electron chi connectivity index (χ2n) is 4.91. The zero-order chi connectivity index (χ0) is 15.8. The molecule has 0 saturated heterocycles. The molecule has 2 aromatic heterocycles. The molecular formula is C16H11N3O4. The number of carboxylic acid groups (broad SMARTS) is 1. The Kier molecular flexibility index (Phi) is 2.97. The van der Waals surface area contributed by atoms with Gasteiger partial charge in [0.2, 0.25) is 6.79 Å². The van der Waals surface area contributed by atoms with Crippen LogP contribution in [0.4, 0.5) is 0 Å². The van der Waals surface area contributed by atoms with E-state index in [0.717, 1.165) is 5.56 Å². The standard InChI is InChI=1S/C16H11N3O4/c20-16(21)12-8-13(10-3-5-17-6-4-10)19(18-12)11-1-2-14-15(7-11)23-9-22-14/h1-8H,9H2,(H,20,21). The van der Waals surface area contributed by atoms with Crippen molar-refractivity contribution in [3.63, 3.8) is 0 Å². The summed E-state index contributed by atoms with van der Waals surface area (Å²) in [5.74, 6) is 0.181. The molecule has 1 aliphatic rings. The summed E-state index contributed by atoms with van der Waals surface area (Å²) in [6.45, 7) is 0.176. The van der Waals surface area contributed by atoms with Gasteiger partial charge in [0.25, 0.3) is 0 Å². The summed E-state index contributed by atoms with van der Waals surface area (Å²) in [5, 5.41) is 13.4. The van der Waals surface area contributed by atoms with Crippen molar-refractivity contribution in [2.75, 3.05) is 6.79 Å². The highest BCUT2D eigenvalue weighted by molar-refractivity contribution is 5.87. The van der Waals surface area contributed by atoms with Crippen LogP contribution >= 0.6 is 0 Å². The van der Waals surface area contributed by atoms with Gasteiger partial charge in [0, 0.05) is 24.0 Å². The second kappa shape index (κ2) is 5.13. The topological polar surface area (TPSA) is 86.5 Å². The van der Waals surface area contributed by atoms with Gasteiger partial charge in [-0.3, -0.25) is 4.98 Å². The van der Waals surface area contributed by atoms with Crippen molar-refractivity contribution in [3.05, 3.63) is 54.5 Å². The number of nitrogens with zero attached hydrogens (tertiary/aromatic N) is 3. The number of fused-ring (bicyclic) bond motifs is 1. The van der Waals surface area contributed by atoms with Crippen molar-refractivity contribution in [2.24, 2.45) is 0 Å². The monoisotopic (exact) mass is 309 g/mol. The number of hydrogen-bond acceptors (Lipinski definition) is 5. The van der Waals surface area contributed by atoms with Crippen molar-refractivity contribution >= 4 is 5.97 Å². The molecule has 0 aliphatic carbocycles. The van der Waals surface area contributed by atoms with E-state index in [1.807, 2.05) is 0 Å². The number of rotatable bonds is 3. The SMILES string of the molecule is O=C(O)c1cc(-c2ccncc2)n(-c2ccc3c(c2)OCO3)n1. The predicted molar refractivity (Wildman–Crippen MR) is 79.9 cm³/mol. The number of benzene rings is 1. The first-order chi connectivity index (χ1) is 11.2. The molecule has 23 heavy (non-hydrogen) atoms. The summed E-state index contributed by atoms with van der Waals surface area (Å²) in [6.07, 6.45) is 3.29. The van der Waals surface area contributed by atoms with Gasteiger partial charge in [-0.2, -0.15) is 5.10 Å². The van der Waals surface area contributed by atoms with Gasteiger partial charge in [-0.15, -0.1) is 0 Å². The predicted octanol–water partition coefficient (Wildman–Crippen LogP) is 2.36. The Morgan fingerprint density at radius 1 is 1.09 bits per heavy atom. The summed E-state index contributed by atoms with van der Waals surface area (Å²) in [5.41, 5.74) is 2.13. The molecular weight excluding hydrogens is 298 g/mol. The number of carboxylic acids is 1. The summed E-state index contributed by atoms with van der Waals surface area (Å²) in [6, 6.07) is 10.5. The zero-order valence-corrected chi connectivity index (χ0v) is 11.8.